The number of rotatable bonds is 7. The first kappa shape index (κ1) is 24.5. The van der Waals surface area contributed by atoms with Crippen LogP contribution in [-0.2, 0) is 14.3 Å². The molecule has 1 aliphatic heterocycles. The number of anilines is 2. The topological polar surface area (TPSA) is 105 Å². The van der Waals surface area contributed by atoms with Crippen LogP contribution in [0.5, 0.6) is 0 Å². The third kappa shape index (κ3) is 5.38. The molecule has 1 fully saturated rings. The van der Waals surface area contributed by atoms with Crippen LogP contribution in [0.2, 0.25) is 0 Å². The molecule has 0 radical (unpaired) electrons. The molecule has 0 saturated heterocycles. The highest BCUT2D eigenvalue weighted by molar-refractivity contribution is 6.48. The first-order valence-corrected chi connectivity index (χ1v) is 12.0. The lowest BCUT2D eigenvalue weighted by molar-refractivity contribution is -0.140. The Bertz CT molecular complexity index is 1190. The summed E-state index contributed by atoms with van der Waals surface area (Å²) in [6.07, 6.45) is 4.66. The Balaban J connectivity index is 1.41. The van der Waals surface area contributed by atoms with Crippen LogP contribution in [-0.4, -0.2) is 41.2 Å². The fraction of sp³-hybridized carbons (Fsp3) is 0.308. The molecule has 1 aliphatic carbocycles. The molecule has 0 bridgehead atoms. The molecule has 2 N–H and O–H groups in total. The summed E-state index contributed by atoms with van der Waals surface area (Å²) in [6, 6.07) is 12.8. The third-order valence-electron chi connectivity index (χ3n) is 6.05. The standard InChI is InChI=1S/C26H26ClN3O5/c1-2-35-26(34)17-7-6-8-19(15-17)29-23(31)16-11-13-18(14-12-16)28-22-21(27)24(32)30(25(22)33)20-9-4-3-5-10-20/h6-8,11-15,20,28H,2-5,9-10H2,1H3,(H,29,31). The quantitative estimate of drug-likeness (QED) is 0.427. The van der Waals surface area contributed by atoms with E-state index >= 15 is 0 Å². The highest BCUT2D eigenvalue weighted by Gasteiger charge is 2.42. The number of carbonyl (C=O) groups is 4. The zero-order chi connectivity index (χ0) is 24.9. The summed E-state index contributed by atoms with van der Waals surface area (Å²) in [5.41, 5.74) is 1.74. The van der Waals surface area contributed by atoms with Gasteiger partial charge in [0, 0.05) is 23.0 Å². The number of imide groups is 1. The summed E-state index contributed by atoms with van der Waals surface area (Å²) >= 11 is 6.22. The Morgan fingerprint density at radius 3 is 2.37 bits per heavy atom. The lowest BCUT2D eigenvalue weighted by Gasteiger charge is -2.29. The van der Waals surface area contributed by atoms with E-state index in [9.17, 15) is 19.2 Å². The number of amides is 3. The summed E-state index contributed by atoms with van der Waals surface area (Å²) < 4.78 is 4.98. The number of esters is 1. The summed E-state index contributed by atoms with van der Waals surface area (Å²) in [6.45, 7) is 1.98. The Morgan fingerprint density at radius 2 is 1.69 bits per heavy atom. The van der Waals surface area contributed by atoms with Gasteiger partial charge < -0.3 is 15.4 Å². The highest BCUT2D eigenvalue weighted by Crippen LogP contribution is 2.32. The Labute approximate surface area is 208 Å². The van der Waals surface area contributed by atoms with Crippen LogP contribution in [0.1, 0.15) is 59.7 Å². The Hall–Kier alpha value is -3.65. The van der Waals surface area contributed by atoms with E-state index in [2.05, 4.69) is 10.6 Å². The van der Waals surface area contributed by atoms with Gasteiger partial charge in [0.05, 0.1) is 12.2 Å². The molecule has 4 rings (SSSR count). The predicted octanol–water partition coefficient (Wildman–Crippen LogP) is 4.68. The molecule has 0 aromatic heterocycles. The van der Waals surface area contributed by atoms with E-state index in [-0.39, 0.29) is 29.3 Å². The zero-order valence-corrected chi connectivity index (χ0v) is 20.1. The molecule has 2 aromatic carbocycles. The van der Waals surface area contributed by atoms with Crippen molar-refractivity contribution in [2.45, 2.75) is 45.1 Å². The predicted molar refractivity (Wildman–Crippen MR) is 132 cm³/mol. The van der Waals surface area contributed by atoms with Crippen LogP contribution < -0.4 is 10.6 Å². The Kier molecular flexibility index (Phi) is 7.51. The average molecular weight is 496 g/mol. The normalized spacial score (nSPS) is 16.5. The second kappa shape index (κ2) is 10.7. The molecule has 9 heteroatoms. The van der Waals surface area contributed by atoms with Crippen LogP contribution in [0.3, 0.4) is 0 Å². The fourth-order valence-corrected chi connectivity index (χ4v) is 4.51. The van der Waals surface area contributed by atoms with Gasteiger partial charge in [0.25, 0.3) is 17.7 Å². The molecule has 35 heavy (non-hydrogen) atoms. The van der Waals surface area contributed by atoms with Gasteiger partial charge in [0.15, 0.2) is 0 Å². The molecule has 3 amide bonds. The van der Waals surface area contributed by atoms with Gasteiger partial charge >= 0.3 is 5.97 Å². The maximum Gasteiger partial charge on any atom is 0.338 e. The van der Waals surface area contributed by atoms with Gasteiger partial charge in [0.1, 0.15) is 10.7 Å². The van der Waals surface area contributed by atoms with Gasteiger partial charge in [-0.1, -0.05) is 36.9 Å². The largest absolute Gasteiger partial charge is 0.462 e. The number of hydrogen-bond acceptors (Lipinski definition) is 6. The van der Waals surface area contributed by atoms with E-state index in [1.165, 1.54) is 4.90 Å². The van der Waals surface area contributed by atoms with Crippen molar-refractivity contribution >= 4 is 46.7 Å². The SMILES string of the molecule is CCOC(=O)c1cccc(NC(=O)c2ccc(NC3=C(Cl)C(=O)N(C4CCCCC4)C3=O)cc2)c1. The molecule has 0 spiro atoms. The van der Waals surface area contributed by atoms with Gasteiger partial charge in [-0.15, -0.1) is 0 Å². The molecule has 1 saturated carbocycles. The van der Waals surface area contributed by atoms with Crippen molar-refractivity contribution in [1.29, 1.82) is 0 Å². The minimum absolute atomic E-state index is 0.0511. The number of halogens is 1. The van der Waals surface area contributed by atoms with E-state index in [4.69, 9.17) is 16.3 Å². The molecule has 2 aliphatic rings. The van der Waals surface area contributed by atoms with Crippen molar-refractivity contribution in [3.05, 3.63) is 70.4 Å². The van der Waals surface area contributed by atoms with E-state index < -0.39 is 17.8 Å². The number of nitrogens with one attached hydrogen (secondary N) is 2. The van der Waals surface area contributed by atoms with Gasteiger partial charge in [-0.3, -0.25) is 19.3 Å². The van der Waals surface area contributed by atoms with Gasteiger partial charge in [0.2, 0.25) is 0 Å². The number of nitrogens with zero attached hydrogens (tertiary/aromatic N) is 1. The molecule has 8 nitrogen and oxygen atoms in total. The van der Waals surface area contributed by atoms with E-state index in [1.807, 2.05) is 0 Å². The lowest BCUT2D eigenvalue weighted by atomic mass is 9.94. The number of carbonyl (C=O) groups excluding carboxylic acids is 4. The number of ether oxygens (including phenoxy) is 1. The zero-order valence-electron chi connectivity index (χ0n) is 19.3. The van der Waals surface area contributed by atoms with E-state index in [1.54, 1.807) is 55.5 Å². The van der Waals surface area contributed by atoms with Crippen LogP contribution in [0, 0.1) is 0 Å². The highest BCUT2D eigenvalue weighted by atomic mass is 35.5. The van der Waals surface area contributed by atoms with Crippen LogP contribution >= 0.6 is 11.6 Å². The monoisotopic (exact) mass is 495 g/mol. The maximum atomic E-state index is 12.9. The van der Waals surface area contributed by atoms with Crippen LogP contribution in [0.15, 0.2) is 59.3 Å². The van der Waals surface area contributed by atoms with Crippen molar-refractivity contribution in [3.8, 4) is 0 Å². The molecular formula is C26H26ClN3O5. The van der Waals surface area contributed by atoms with Crippen molar-refractivity contribution in [1.82, 2.24) is 4.90 Å². The van der Waals surface area contributed by atoms with Gasteiger partial charge in [-0.05, 0) is 62.2 Å². The third-order valence-corrected chi connectivity index (χ3v) is 6.40. The van der Waals surface area contributed by atoms with Crippen molar-refractivity contribution < 1.29 is 23.9 Å². The minimum Gasteiger partial charge on any atom is -0.462 e. The molecule has 1 heterocycles. The summed E-state index contributed by atoms with van der Waals surface area (Å²) in [5, 5.41) is 5.57. The van der Waals surface area contributed by atoms with Gasteiger partial charge in [-0.2, -0.15) is 0 Å². The smallest absolute Gasteiger partial charge is 0.338 e. The fourth-order valence-electron chi connectivity index (χ4n) is 4.29. The van der Waals surface area contributed by atoms with E-state index in [0.717, 1.165) is 32.1 Å². The summed E-state index contributed by atoms with van der Waals surface area (Å²) in [5.74, 6) is -1.72. The second-order valence-electron chi connectivity index (χ2n) is 8.42. The summed E-state index contributed by atoms with van der Waals surface area (Å²) in [4.78, 5) is 51.4. The Morgan fingerprint density at radius 1 is 0.971 bits per heavy atom. The van der Waals surface area contributed by atoms with E-state index in [0.29, 0.717) is 22.5 Å². The van der Waals surface area contributed by atoms with Crippen molar-refractivity contribution in [3.63, 3.8) is 0 Å². The minimum atomic E-state index is -0.466. The molecular weight excluding hydrogens is 470 g/mol. The molecule has 0 atom stereocenters. The van der Waals surface area contributed by atoms with Crippen LogP contribution in [0.4, 0.5) is 11.4 Å². The number of hydrogen-bond donors (Lipinski definition) is 2. The van der Waals surface area contributed by atoms with Crippen molar-refractivity contribution in [2.24, 2.45) is 0 Å². The summed E-state index contributed by atoms with van der Waals surface area (Å²) in [7, 11) is 0. The first-order valence-electron chi connectivity index (χ1n) is 11.6. The first-order chi connectivity index (χ1) is 16.9. The molecule has 2 aromatic rings. The molecule has 182 valence electrons. The van der Waals surface area contributed by atoms with Crippen LogP contribution in [0.25, 0.3) is 0 Å². The van der Waals surface area contributed by atoms with Gasteiger partial charge in [-0.25, -0.2) is 4.79 Å². The lowest BCUT2D eigenvalue weighted by Crippen LogP contribution is -2.42. The molecule has 0 unspecified atom stereocenters. The maximum absolute atomic E-state index is 12.9. The van der Waals surface area contributed by atoms with Crippen molar-refractivity contribution in [2.75, 3.05) is 17.2 Å². The second-order valence-corrected chi connectivity index (χ2v) is 8.80. The average Bonchev–Trinajstić information content (AvgIpc) is 3.08. The number of benzene rings is 2.